The molecule has 0 aliphatic heterocycles. The molecule has 0 aromatic heterocycles. The normalized spacial score (nSPS) is 12.6. The predicted octanol–water partition coefficient (Wildman–Crippen LogP) is 8.95. The van der Waals surface area contributed by atoms with Crippen molar-refractivity contribution in [2.45, 2.75) is 52.6 Å². The van der Waals surface area contributed by atoms with Gasteiger partial charge in [0.2, 0.25) is 5.91 Å². The van der Waals surface area contributed by atoms with Crippen LogP contribution < -0.4 is 4.90 Å². The largest absolute Gasteiger partial charge is 0.481 e. The van der Waals surface area contributed by atoms with E-state index >= 15 is 0 Å². The molecule has 202 valence electrons. The van der Waals surface area contributed by atoms with Gasteiger partial charge in [-0.05, 0) is 83.5 Å². The van der Waals surface area contributed by atoms with Crippen LogP contribution in [0.1, 0.15) is 57.6 Å². The van der Waals surface area contributed by atoms with Crippen LogP contribution in [0.5, 0.6) is 0 Å². The zero-order chi connectivity index (χ0) is 28.2. The van der Waals surface area contributed by atoms with Gasteiger partial charge in [0, 0.05) is 22.8 Å². The van der Waals surface area contributed by atoms with E-state index in [0.717, 1.165) is 12.1 Å². The van der Waals surface area contributed by atoms with Crippen LogP contribution in [0.2, 0.25) is 5.02 Å². The number of anilines is 2. The SMILES string of the molecule is CC(C)CC(=O)N(c1ccc(Cl)cc1)c1cc(-c2ccc(C(F)(F)F)cc2)cc(C(CC(C)C)C(=O)O)c1. The average molecular weight is 546 g/mol. The molecule has 0 fully saturated rings. The third kappa shape index (κ3) is 7.38. The fourth-order valence-corrected chi connectivity index (χ4v) is 4.43. The first-order valence-corrected chi connectivity index (χ1v) is 12.8. The molecule has 0 saturated carbocycles. The first kappa shape index (κ1) is 29.2. The quantitative estimate of drug-likeness (QED) is 0.292. The third-order valence-electron chi connectivity index (χ3n) is 6.07. The van der Waals surface area contributed by atoms with Crippen LogP contribution in [0.15, 0.2) is 66.7 Å². The van der Waals surface area contributed by atoms with Crippen molar-refractivity contribution in [3.63, 3.8) is 0 Å². The highest BCUT2D eigenvalue weighted by molar-refractivity contribution is 6.30. The standard InChI is InChI=1S/C30H31ClF3NO3/c1-18(2)13-27(29(37)38)22-15-21(20-5-7-23(8-6-20)30(32,33)34)16-26(17-22)35(28(36)14-19(3)4)25-11-9-24(31)10-12-25/h5-12,15-19,27H,13-14H2,1-4H3,(H,37,38). The van der Waals surface area contributed by atoms with Gasteiger partial charge in [-0.25, -0.2) is 0 Å². The Bertz CT molecular complexity index is 1270. The minimum Gasteiger partial charge on any atom is -0.481 e. The summed E-state index contributed by atoms with van der Waals surface area (Å²) in [5, 5.41) is 10.5. The fraction of sp³-hybridized carbons (Fsp3) is 0.333. The van der Waals surface area contributed by atoms with Crippen LogP contribution in [0.25, 0.3) is 11.1 Å². The number of halogens is 4. The Morgan fingerprint density at radius 1 is 0.842 bits per heavy atom. The second kappa shape index (κ2) is 12.0. The van der Waals surface area contributed by atoms with Gasteiger partial charge in [-0.3, -0.25) is 14.5 Å². The molecular weight excluding hydrogens is 515 g/mol. The Labute approximate surface area is 226 Å². The van der Waals surface area contributed by atoms with E-state index in [2.05, 4.69) is 0 Å². The molecule has 1 unspecified atom stereocenters. The zero-order valence-electron chi connectivity index (χ0n) is 21.7. The molecular formula is C30H31ClF3NO3. The van der Waals surface area contributed by atoms with E-state index in [0.29, 0.717) is 39.5 Å². The average Bonchev–Trinajstić information content (AvgIpc) is 2.82. The van der Waals surface area contributed by atoms with Crippen LogP contribution in [-0.4, -0.2) is 17.0 Å². The van der Waals surface area contributed by atoms with Gasteiger partial charge < -0.3 is 5.11 Å². The number of amides is 1. The van der Waals surface area contributed by atoms with Gasteiger partial charge >= 0.3 is 12.1 Å². The highest BCUT2D eigenvalue weighted by Gasteiger charge is 2.30. The summed E-state index contributed by atoms with van der Waals surface area (Å²) in [5.41, 5.74) is 1.65. The molecule has 1 amide bonds. The van der Waals surface area contributed by atoms with Crippen molar-refractivity contribution in [2.75, 3.05) is 4.90 Å². The second-order valence-corrected chi connectivity index (χ2v) is 10.6. The van der Waals surface area contributed by atoms with Crippen LogP contribution >= 0.6 is 11.6 Å². The Balaban J connectivity index is 2.25. The summed E-state index contributed by atoms with van der Waals surface area (Å²) >= 11 is 6.08. The molecule has 1 N–H and O–H groups in total. The predicted molar refractivity (Wildman–Crippen MR) is 145 cm³/mol. The van der Waals surface area contributed by atoms with Gasteiger partial charge in [0.25, 0.3) is 0 Å². The number of alkyl halides is 3. The van der Waals surface area contributed by atoms with Gasteiger partial charge in [-0.1, -0.05) is 57.5 Å². The molecule has 38 heavy (non-hydrogen) atoms. The zero-order valence-corrected chi connectivity index (χ0v) is 22.5. The van der Waals surface area contributed by atoms with Crippen molar-refractivity contribution in [3.05, 3.63) is 82.9 Å². The lowest BCUT2D eigenvalue weighted by Crippen LogP contribution is -2.27. The summed E-state index contributed by atoms with van der Waals surface area (Å²) in [6.45, 7) is 7.68. The van der Waals surface area contributed by atoms with E-state index in [1.165, 1.54) is 17.0 Å². The lowest BCUT2D eigenvalue weighted by atomic mass is 9.88. The highest BCUT2D eigenvalue weighted by Crippen LogP contribution is 2.38. The lowest BCUT2D eigenvalue weighted by Gasteiger charge is -2.26. The molecule has 0 radical (unpaired) electrons. The Kier molecular flexibility index (Phi) is 9.26. The van der Waals surface area contributed by atoms with E-state index in [1.54, 1.807) is 42.5 Å². The second-order valence-electron chi connectivity index (χ2n) is 10.2. The smallest absolute Gasteiger partial charge is 0.416 e. The number of carbonyl (C=O) groups excluding carboxylic acids is 1. The number of carbonyl (C=O) groups is 2. The molecule has 0 spiro atoms. The molecule has 8 heteroatoms. The van der Waals surface area contributed by atoms with Crippen molar-refractivity contribution in [1.82, 2.24) is 0 Å². The maximum Gasteiger partial charge on any atom is 0.416 e. The summed E-state index contributed by atoms with van der Waals surface area (Å²) < 4.78 is 39.5. The number of aliphatic carboxylic acids is 1. The number of nitrogens with zero attached hydrogens (tertiary/aromatic N) is 1. The van der Waals surface area contributed by atoms with Gasteiger partial charge in [-0.15, -0.1) is 0 Å². The maximum atomic E-state index is 13.5. The van der Waals surface area contributed by atoms with E-state index in [9.17, 15) is 27.9 Å². The molecule has 0 heterocycles. The third-order valence-corrected chi connectivity index (χ3v) is 6.32. The van der Waals surface area contributed by atoms with Gasteiger partial charge in [0.1, 0.15) is 0 Å². The van der Waals surface area contributed by atoms with Crippen LogP contribution in [-0.2, 0) is 15.8 Å². The topological polar surface area (TPSA) is 57.6 Å². The maximum absolute atomic E-state index is 13.5. The van der Waals surface area contributed by atoms with Crippen LogP contribution in [0.4, 0.5) is 24.5 Å². The molecule has 0 bridgehead atoms. The number of carboxylic acid groups (broad SMARTS) is 1. The number of benzene rings is 3. The molecule has 0 aliphatic carbocycles. The fourth-order valence-electron chi connectivity index (χ4n) is 4.30. The first-order chi connectivity index (χ1) is 17.8. The van der Waals surface area contributed by atoms with Crippen molar-refractivity contribution >= 4 is 34.9 Å². The molecule has 4 nitrogen and oxygen atoms in total. The van der Waals surface area contributed by atoms with Crippen molar-refractivity contribution in [2.24, 2.45) is 11.8 Å². The van der Waals surface area contributed by atoms with E-state index in [1.807, 2.05) is 27.7 Å². The Morgan fingerprint density at radius 2 is 1.45 bits per heavy atom. The Morgan fingerprint density at radius 3 is 1.95 bits per heavy atom. The summed E-state index contributed by atoms with van der Waals surface area (Å²) in [6, 6.07) is 16.5. The molecule has 3 aromatic rings. The number of hydrogen-bond acceptors (Lipinski definition) is 2. The Hall–Kier alpha value is -3.32. The molecule has 3 rings (SSSR count). The van der Waals surface area contributed by atoms with Crippen molar-refractivity contribution in [3.8, 4) is 11.1 Å². The highest BCUT2D eigenvalue weighted by atomic mass is 35.5. The number of rotatable bonds is 9. The van der Waals surface area contributed by atoms with Crippen molar-refractivity contribution < 1.29 is 27.9 Å². The monoisotopic (exact) mass is 545 g/mol. The minimum atomic E-state index is -4.48. The van der Waals surface area contributed by atoms with Gasteiger partial charge in [0.15, 0.2) is 0 Å². The van der Waals surface area contributed by atoms with E-state index in [4.69, 9.17) is 11.6 Å². The molecule has 3 aromatic carbocycles. The van der Waals surface area contributed by atoms with E-state index < -0.39 is 23.6 Å². The summed E-state index contributed by atoms with van der Waals surface area (Å²) in [6.07, 6.45) is -3.89. The minimum absolute atomic E-state index is 0.0579. The molecule has 0 saturated heterocycles. The number of carboxylic acids is 1. The van der Waals surface area contributed by atoms with Gasteiger partial charge in [-0.2, -0.15) is 13.2 Å². The van der Waals surface area contributed by atoms with Crippen LogP contribution in [0.3, 0.4) is 0 Å². The summed E-state index contributed by atoms with van der Waals surface area (Å²) in [5.74, 6) is -1.95. The number of hydrogen-bond donors (Lipinski definition) is 1. The molecule has 1 atom stereocenters. The first-order valence-electron chi connectivity index (χ1n) is 12.4. The summed E-state index contributed by atoms with van der Waals surface area (Å²) in [4.78, 5) is 27.3. The van der Waals surface area contributed by atoms with Crippen molar-refractivity contribution in [1.29, 1.82) is 0 Å². The summed E-state index contributed by atoms with van der Waals surface area (Å²) in [7, 11) is 0. The lowest BCUT2D eigenvalue weighted by molar-refractivity contribution is -0.139. The molecule has 0 aliphatic rings. The van der Waals surface area contributed by atoms with E-state index in [-0.39, 0.29) is 24.2 Å². The van der Waals surface area contributed by atoms with Gasteiger partial charge in [0.05, 0.1) is 11.5 Å². The van der Waals surface area contributed by atoms with Crippen LogP contribution in [0, 0.1) is 11.8 Å².